The molecule has 0 bridgehead atoms. The fraction of sp³-hybridized carbons (Fsp3) is 0.0800. The third-order valence-corrected chi connectivity index (χ3v) is 5.67. The van der Waals surface area contributed by atoms with Gasteiger partial charge >= 0.3 is 0 Å². The Kier molecular flexibility index (Phi) is 4.07. The van der Waals surface area contributed by atoms with Crippen molar-refractivity contribution in [3.05, 3.63) is 95.8 Å². The minimum atomic E-state index is -0.179. The van der Waals surface area contributed by atoms with Crippen LogP contribution in [0.4, 0.5) is 0 Å². The number of aromatic nitrogens is 4. The van der Waals surface area contributed by atoms with Crippen LogP contribution in [0.5, 0.6) is 23.1 Å². The van der Waals surface area contributed by atoms with Crippen LogP contribution in [0.3, 0.4) is 0 Å². The second kappa shape index (κ2) is 7.09. The standard InChI is InChI=1S/C25H18N4O3/c1-31-19-10-6-5-9-18(19)23-27-24-22-21(15-7-3-2-4-8-15)17-12-11-16(30)13-20(17)32-25(22)26-14-29(24)28-23/h2-14,21,30H,1H3/t21-/m1/s1. The van der Waals surface area contributed by atoms with Gasteiger partial charge < -0.3 is 14.6 Å². The molecule has 2 aromatic heterocycles. The van der Waals surface area contributed by atoms with E-state index >= 15 is 0 Å². The molecule has 7 heteroatoms. The van der Waals surface area contributed by atoms with Crippen LogP contribution in [0.1, 0.15) is 22.6 Å². The highest BCUT2D eigenvalue weighted by atomic mass is 16.5. The van der Waals surface area contributed by atoms with Crippen molar-refractivity contribution in [3.63, 3.8) is 0 Å². The molecular formula is C25H18N4O3. The lowest BCUT2D eigenvalue weighted by molar-refractivity contribution is 0.416. The molecule has 0 fully saturated rings. The number of aromatic hydroxyl groups is 1. The molecule has 32 heavy (non-hydrogen) atoms. The third kappa shape index (κ3) is 2.79. The minimum absolute atomic E-state index is 0.140. The van der Waals surface area contributed by atoms with Crippen LogP contribution < -0.4 is 9.47 Å². The summed E-state index contributed by atoms with van der Waals surface area (Å²) >= 11 is 0. The lowest BCUT2D eigenvalue weighted by Crippen LogP contribution is -2.14. The summed E-state index contributed by atoms with van der Waals surface area (Å²) in [6, 6.07) is 22.9. The van der Waals surface area contributed by atoms with Crippen LogP contribution in [0.2, 0.25) is 0 Å². The molecule has 0 amide bonds. The van der Waals surface area contributed by atoms with E-state index in [0.717, 1.165) is 22.3 Å². The quantitative estimate of drug-likeness (QED) is 0.442. The zero-order chi connectivity index (χ0) is 21.7. The number of phenols is 1. The molecule has 1 aliphatic heterocycles. The van der Waals surface area contributed by atoms with E-state index in [0.29, 0.717) is 28.9 Å². The van der Waals surface area contributed by atoms with Gasteiger partial charge in [0.25, 0.3) is 0 Å². The first-order valence-electron chi connectivity index (χ1n) is 10.2. The molecule has 0 aliphatic carbocycles. The molecule has 0 radical (unpaired) electrons. The van der Waals surface area contributed by atoms with Gasteiger partial charge in [0, 0.05) is 17.5 Å². The van der Waals surface area contributed by atoms with E-state index in [1.54, 1.807) is 30.1 Å². The van der Waals surface area contributed by atoms with Crippen molar-refractivity contribution in [2.75, 3.05) is 7.11 Å². The Balaban J connectivity index is 1.62. The number of hydrogen-bond donors (Lipinski definition) is 1. The smallest absolute Gasteiger partial charge is 0.228 e. The zero-order valence-corrected chi connectivity index (χ0v) is 17.1. The normalized spacial score (nSPS) is 14.5. The molecule has 0 saturated heterocycles. The molecule has 7 nitrogen and oxygen atoms in total. The summed E-state index contributed by atoms with van der Waals surface area (Å²) in [5.41, 5.74) is 4.28. The molecule has 1 atom stereocenters. The Labute approximate surface area is 183 Å². The number of rotatable bonds is 3. The Morgan fingerprint density at radius 2 is 1.81 bits per heavy atom. The highest BCUT2D eigenvalue weighted by molar-refractivity contribution is 5.70. The second-order valence-corrected chi connectivity index (χ2v) is 7.54. The number of fused-ring (bicyclic) bond motifs is 4. The van der Waals surface area contributed by atoms with Crippen molar-refractivity contribution in [1.29, 1.82) is 0 Å². The molecule has 156 valence electrons. The second-order valence-electron chi connectivity index (χ2n) is 7.54. The monoisotopic (exact) mass is 422 g/mol. The summed E-state index contributed by atoms with van der Waals surface area (Å²) < 4.78 is 13.3. The molecule has 1 N–H and O–H groups in total. The maximum atomic E-state index is 10.0. The van der Waals surface area contributed by atoms with Crippen LogP contribution in [-0.4, -0.2) is 31.8 Å². The van der Waals surface area contributed by atoms with Gasteiger partial charge in [-0.05, 0) is 23.8 Å². The van der Waals surface area contributed by atoms with Gasteiger partial charge in [-0.3, -0.25) is 0 Å². The van der Waals surface area contributed by atoms with Crippen molar-refractivity contribution < 1.29 is 14.6 Å². The molecule has 0 spiro atoms. The van der Waals surface area contributed by atoms with Gasteiger partial charge in [0.15, 0.2) is 11.5 Å². The third-order valence-electron chi connectivity index (χ3n) is 5.67. The Hall–Kier alpha value is -4.39. The van der Waals surface area contributed by atoms with Gasteiger partial charge in [-0.2, -0.15) is 0 Å². The van der Waals surface area contributed by atoms with Gasteiger partial charge in [-0.25, -0.2) is 14.5 Å². The molecule has 1 aliphatic rings. The summed E-state index contributed by atoms with van der Waals surface area (Å²) in [5.74, 6) is 2.22. The van der Waals surface area contributed by atoms with Crippen LogP contribution >= 0.6 is 0 Å². The first-order valence-corrected chi connectivity index (χ1v) is 10.2. The molecule has 3 aromatic carbocycles. The first kappa shape index (κ1) is 18.4. The maximum Gasteiger partial charge on any atom is 0.228 e. The number of benzene rings is 3. The van der Waals surface area contributed by atoms with Gasteiger partial charge in [0.05, 0.1) is 18.2 Å². The molecule has 0 unspecified atom stereocenters. The average Bonchev–Trinajstić information content (AvgIpc) is 3.27. The summed E-state index contributed by atoms with van der Waals surface area (Å²) in [4.78, 5) is 9.40. The molecule has 6 rings (SSSR count). The lowest BCUT2D eigenvalue weighted by atomic mass is 9.84. The number of nitrogens with zero attached hydrogens (tertiary/aromatic N) is 4. The SMILES string of the molecule is COc1ccccc1-c1nc2c3c(ncn2n1)Oc1cc(O)ccc1[C@H]3c1ccccc1. The van der Waals surface area contributed by atoms with Crippen molar-refractivity contribution in [1.82, 2.24) is 19.6 Å². The van der Waals surface area contributed by atoms with Crippen molar-refractivity contribution in [2.24, 2.45) is 0 Å². The predicted molar refractivity (Wildman–Crippen MR) is 118 cm³/mol. The highest BCUT2D eigenvalue weighted by Gasteiger charge is 2.33. The number of methoxy groups -OCH3 is 1. The van der Waals surface area contributed by atoms with E-state index in [2.05, 4.69) is 22.2 Å². The highest BCUT2D eigenvalue weighted by Crippen LogP contribution is 2.48. The topological polar surface area (TPSA) is 81.8 Å². The van der Waals surface area contributed by atoms with Crippen LogP contribution in [0.25, 0.3) is 17.0 Å². The average molecular weight is 422 g/mol. The zero-order valence-electron chi connectivity index (χ0n) is 17.1. The van der Waals surface area contributed by atoms with E-state index in [-0.39, 0.29) is 11.7 Å². The Morgan fingerprint density at radius 1 is 1.00 bits per heavy atom. The lowest BCUT2D eigenvalue weighted by Gasteiger charge is -2.27. The Morgan fingerprint density at radius 3 is 2.66 bits per heavy atom. The van der Waals surface area contributed by atoms with E-state index in [1.165, 1.54) is 0 Å². The van der Waals surface area contributed by atoms with Crippen LogP contribution in [0, 0.1) is 0 Å². The van der Waals surface area contributed by atoms with Crippen molar-refractivity contribution in [2.45, 2.75) is 5.92 Å². The summed E-state index contributed by atoms with van der Waals surface area (Å²) in [6.45, 7) is 0. The van der Waals surface area contributed by atoms with Crippen molar-refractivity contribution in [3.8, 4) is 34.5 Å². The summed E-state index contributed by atoms with van der Waals surface area (Å²) in [7, 11) is 1.63. The molecular weight excluding hydrogens is 404 g/mol. The van der Waals surface area contributed by atoms with E-state index in [1.807, 2.05) is 48.5 Å². The number of phenolic OH excluding ortho intramolecular Hbond substituents is 1. The van der Waals surface area contributed by atoms with E-state index in [9.17, 15) is 5.11 Å². The van der Waals surface area contributed by atoms with E-state index < -0.39 is 0 Å². The van der Waals surface area contributed by atoms with Gasteiger partial charge in [-0.1, -0.05) is 48.5 Å². The molecule has 3 heterocycles. The molecule has 5 aromatic rings. The largest absolute Gasteiger partial charge is 0.508 e. The van der Waals surface area contributed by atoms with Gasteiger partial charge in [0.2, 0.25) is 5.88 Å². The maximum absolute atomic E-state index is 10.0. The van der Waals surface area contributed by atoms with Crippen molar-refractivity contribution >= 4 is 5.65 Å². The summed E-state index contributed by atoms with van der Waals surface area (Å²) in [6.07, 6.45) is 1.59. The fourth-order valence-corrected chi connectivity index (χ4v) is 4.24. The van der Waals surface area contributed by atoms with Crippen LogP contribution in [0.15, 0.2) is 79.1 Å². The number of para-hydroxylation sites is 1. The predicted octanol–water partition coefficient (Wildman–Crippen LogP) is 4.79. The van der Waals surface area contributed by atoms with E-state index in [4.69, 9.17) is 14.5 Å². The minimum Gasteiger partial charge on any atom is -0.508 e. The van der Waals surface area contributed by atoms with Crippen LogP contribution in [-0.2, 0) is 0 Å². The van der Waals surface area contributed by atoms with Gasteiger partial charge in [0.1, 0.15) is 23.6 Å². The van der Waals surface area contributed by atoms with Gasteiger partial charge in [-0.15, -0.1) is 5.10 Å². The number of ether oxygens (including phenoxy) is 2. The first-order chi connectivity index (χ1) is 15.7. The Bertz CT molecular complexity index is 1460. The summed E-state index contributed by atoms with van der Waals surface area (Å²) in [5, 5.41) is 14.7. The fourth-order valence-electron chi connectivity index (χ4n) is 4.24. The molecule has 0 saturated carbocycles. The number of hydrogen-bond acceptors (Lipinski definition) is 6.